The molecule has 2 heteroatoms. The first-order chi connectivity index (χ1) is 12.4. The van der Waals surface area contributed by atoms with Gasteiger partial charge in [0.2, 0.25) is 0 Å². The van der Waals surface area contributed by atoms with Crippen LogP contribution in [0.3, 0.4) is 0 Å². The molecule has 0 spiro atoms. The van der Waals surface area contributed by atoms with Crippen LogP contribution in [0, 0.1) is 13.8 Å². The minimum atomic E-state index is -0.0687. The molecule has 0 unspecified atom stereocenters. The van der Waals surface area contributed by atoms with Crippen LogP contribution in [0.25, 0.3) is 0 Å². The van der Waals surface area contributed by atoms with Crippen LogP contribution in [0.15, 0.2) is 36.4 Å². The van der Waals surface area contributed by atoms with Gasteiger partial charge in [-0.1, -0.05) is 58.1 Å². The van der Waals surface area contributed by atoms with Crippen molar-refractivity contribution in [3.8, 4) is 11.5 Å². The van der Waals surface area contributed by atoms with Gasteiger partial charge < -0.3 is 10.2 Å². The number of hydrogen-bond acceptors (Lipinski definition) is 2. The Morgan fingerprint density at radius 2 is 1.15 bits per heavy atom. The molecule has 0 amide bonds. The van der Waals surface area contributed by atoms with Crippen molar-refractivity contribution >= 4 is 0 Å². The molecule has 0 aliphatic carbocycles. The Balaban J connectivity index is 2.66. The number of aromatic hydroxyl groups is 2. The van der Waals surface area contributed by atoms with E-state index in [2.05, 4.69) is 39.8 Å². The van der Waals surface area contributed by atoms with Crippen molar-refractivity contribution in [1.82, 2.24) is 0 Å². The zero-order chi connectivity index (χ0) is 19.2. The third-order valence-corrected chi connectivity index (χ3v) is 5.62. The van der Waals surface area contributed by atoms with Crippen molar-refractivity contribution in [2.75, 3.05) is 0 Å². The van der Waals surface area contributed by atoms with Gasteiger partial charge in [0.25, 0.3) is 0 Å². The molecule has 0 saturated heterocycles. The van der Waals surface area contributed by atoms with Crippen molar-refractivity contribution in [3.05, 3.63) is 58.7 Å². The SMILES string of the molecule is CCCCCC(CCCC)(c1ccc(O)cc1C)c1ccc(O)cc1C. The van der Waals surface area contributed by atoms with Gasteiger partial charge in [-0.3, -0.25) is 0 Å². The summed E-state index contributed by atoms with van der Waals surface area (Å²) < 4.78 is 0. The molecule has 0 aliphatic rings. The molecule has 0 radical (unpaired) electrons. The number of hydrogen-bond donors (Lipinski definition) is 2. The highest BCUT2D eigenvalue weighted by Crippen LogP contribution is 2.45. The number of unbranched alkanes of at least 4 members (excludes halogenated alkanes) is 3. The minimum absolute atomic E-state index is 0.0687. The average Bonchev–Trinajstić information content (AvgIpc) is 2.59. The first-order valence-corrected chi connectivity index (χ1v) is 10.0. The van der Waals surface area contributed by atoms with Crippen LogP contribution in [0.2, 0.25) is 0 Å². The molecule has 0 atom stereocenters. The topological polar surface area (TPSA) is 40.5 Å². The molecule has 2 rings (SSSR count). The second-order valence-electron chi connectivity index (χ2n) is 7.64. The molecule has 26 heavy (non-hydrogen) atoms. The van der Waals surface area contributed by atoms with Crippen LogP contribution in [0.5, 0.6) is 11.5 Å². The highest BCUT2D eigenvalue weighted by molar-refractivity contribution is 5.49. The maximum Gasteiger partial charge on any atom is 0.115 e. The highest BCUT2D eigenvalue weighted by atomic mass is 16.3. The van der Waals surface area contributed by atoms with Gasteiger partial charge in [0.05, 0.1) is 0 Å². The van der Waals surface area contributed by atoms with Gasteiger partial charge in [-0.15, -0.1) is 0 Å². The van der Waals surface area contributed by atoms with E-state index in [1.165, 1.54) is 30.4 Å². The van der Waals surface area contributed by atoms with Crippen LogP contribution in [0.1, 0.15) is 81.0 Å². The molecule has 2 N–H and O–H groups in total. The summed E-state index contributed by atoms with van der Waals surface area (Å²) in [6.45, 7) is 8.69. The quantitative estimate of drug-likeness (QED) is 0.488. The number of rotatable bonds is 9. The molecule has 2 aromatic rings. The lowest BCUT2D eigenvalue weighted by Gasteiger charge is -2.38. The number of phenolic OH excluding ortho intramolecular Hbond substituents is 2. The van der Waals surface area contributed by atoms with Crippen molar-refractivity contribution in [2.45, 2.75) is 78.1 Å². The van der Waals surface area contributed by atoms with Crippen LogP contribution in [-0.2, 0) is 5.41 Å². The van der Waals surface area contributed by atoms with E-state index in [1.54, 1.807) is 0 Å². The number of phenols is 2. The molecular formula is C24H34O2. The maximum atomic E-state index is 9.92. The Labute approximate surface area is 158 Å². The molecule has 2 nitrogen and oxygen atoms in total. The van der Waals surface area contributed by atoms with E-state index in [0.29, 0.717) is 11.5 Å². The predicted octanol–water partition coefficient (Wildman–Crippen LogP) is 6.77. The van der Waals surface area contributed by atoms with E-state index in [1.807, 2.05) is 24.3 Å². The molecule has 0 aromatic heterocycles. The summed E-state index contributed by atoms with van der Waals surface area (Å²) in [4.78, 5) is 0. The van der Waals surface area contributed by atoms with E-state index in [0.717, 1.165) is 36.8 Å². The van der Waals surface area contributed by atoms with Gasteiger partial charge in [-0.25, -0.2) is 0 Å². The normalized spacial score (nSPS) is 11.7. The second-order valence-corrected chi connectivity index (χ2v) is 7.64. The maximum absolute atomic E-state index is 9.92. The Hall–Kier alpha value is -1.96. The zero-order valence-electron chi connectivity index (χ0n) is 16.8. The Bertz CT molecular complexity index is 667. The zero-order valence-corrected chi connectivity index (χ0v) is 16.8. The largest absolute Gasteiger partial charge is 0.508 e. The Morgan fingerprint density at radius 1 is 0.692 bits per heavy atom. The Kier molecular flexibility index (Phi) is 7.14. The standard InChI is InChI=1S/C24H34O2/c1-5-7-9-15-24(14-8-6-2,22-12-10-20(25)16-18(22)3)23-13-11-21(26)17-19(23)4/h10-13,16-17,25-26H,5-9,14-15H2,1-4H3. The number of benzene rings is 2. The first kappa shape index (κ1) is 20.4. The van der Waals surface area contributed by atoms with Crippen LogP contribution < -0.4 is 0 Å². The third kappa shape index (κ3) is 4.41. The van der Waals surface area contributed by atoms with Gasteiger partial charge in [0, 0.05) is 5.41 Å². The lowest BCUT2D eigenvalue weighted by atomic mass is 9.65. The summed E-state index contributed by atoms with van der Waals surface area (Å²) in [6, 6.07) is 11.6. The summed E-state index contributed by atoms with van der Waals surface area (Å²) in [5.74, 6) is 0.651. The van der Waals surface area contributed by atoms with Crippen molar-refractivity contribution in [2.24, 2.45) is 0 Å². The summed E-state index contributed by atoms with van der Waals surface area (Å²) in [7, 11) is 0. The van der Waals surface area contributed by atoms with E-state index in [9.17, 15) is 10.2 Å². The molecular weight excluding hydrogens is 320 g/mol. The van der Waals surface area contributed by atoms with Gasteiger partial charge in [-0.2, -0.15) is 0 Å². The fourth-order valence-electron chi connectivity index (χ4n) is 4.33. The molecule has 2 aromatic carbocycles. The summed E-state index contributed by atoms with van der Waals surface area (Å²) in [6.07, 6.45) is 8.11. The predicted molar refractivity (Wildman–Crippen MR) is 110 cm³/mol. The smallest absolute Gasteiger partial charge is 0.115 e. The van der Waals surface area contributed by atoms with Gasteiger partial charge in [0.15, 0.2) is 0 Å². The lowest BCUT2D eigenvalue weighted by molar-refractivity contribution is 0.396. The van der Waals surface area contributed by atoms with Crippen molar-refractivity contribution in [1.29, 1.82) is 0 Å². The summed E-state index contributed by atoms with van der Waals surface area (Å²) in [5.41, 5.74) is 4.85. The molecule has 0 heterocycles. The highest BCUT2D eigenvalue weighted by Gasteiger charge is 2.35. The molecule has 142 valence electrons. The van der Waals surface area contributed by atoms with Crippen molar-refractivity contribution < 1.29 is 10.2 Å². The lowest BCUT2D eigenvalue weighted by Crippen LogP contribution is -2.30. The Morgan fingerprint density at radius 3 is 1.58 bits per heavy atom. The minimum Gasteiger partial charge on any atom is -0.508 e. The fourth-order valence-corrected chi connectivity index (χ4v) is 4.33. The molecule has 0 aliphatic heterocycles. The van der Waals surface area contributed by atoms with E-state index < -0.39 is 0 Å². The van der Waals surface area contributed by atoms with E-state index in [4.69, 9.17) is 0 Å². The third-order valence-electron chi connectivity index (χ3n) is 5.62. The van der Waals surface area contributed by atoms with Crippen LogP contribution >= 0.6 is 0 Å². The molecule has 0 saturated carbocycles. The summed E-state index contributed by atoms with van der Waals surface area (Å²) >= 11 is 0. The average molecular weight is 355 g/mol. The summed E-state index contributed by atoms with van der Waals surface area (Å²) in [5, 5.41) is 19.8. The van der Waals surface area contributed by atoms with Crippen LogP contribution in [-0.4, -0.2) is 10.2 Å². The first-order valence-electron chi connectivity index (χ1n) is 10.0. The molecule has 0 bridgehead atoms. The second kappa shape index (κ2) is 9.12. The van der Waals surface area contributed by atoms with Gasteiger partial charge >= 0.3 is 0 Å². The molecule has 0 fully saturated rings. The van der Waals surface area contributed by atoms with Crippen molar-refractivity contribution in [3.63, 3.8) is 0 Å². The van der Waals surface area contributed by atoms with E-state index in [-0.39, 0.29) is 5.41 Å². The van der Waals surface area contributed by atoms with Gasteiger partial charge in [-0.05, 0) is 73.2 Å². The van der Waals surface area contributed by atoms with E-state index >= 15 is 0 Å². The van der Waals surface area contributed by atoms with Gasteiger partial charge in [0.1, 0.15) is 11.5 Å². The fraction of sp³-hybridized carbons (Fsp3) is 0.500. The van der Waals surface area contributed by atoms with Crippen LogP contribution in [0.4, 0.5) is 0 Å². The number of aryl methyl sites for hydroxylation is 2. The monoisotopic (exact) mass is 354 g/mol.